The average molecular weight is 380 g/mol. The van der Waals surface area contributed by atoms with Crippen molar-refractivity contribution in [2.75, 3.05) is 0 Å². The summed E-state index contributed by atoms with van der Waals surface area (Å²) in [6, 6.07) is 1.95. The van der Waals surface area contributed by atoms with Gasteiger partial charge in [-0.05, 0) is 50.8 Å². The maximum Gasteiger partial charge on any atom is 0.167 e. The highest BCUT2D eigenvalue weighted by Gasteiger charge is 2.23. The molecule has 1 fully saturated rings. The molecule has 1 saturated carbocycles. The van der Waals surface area contributed by atoms with Crippen molar-refractivity contribution in [2.45, 2.75) is 44.9 Å². The lowest BCUT2D eigenvalue weighted by Crippen LogP contribution is -2.16. The summed E-state index contributed by atoms with van der Waals surface area (Å²) in [6.07, 6.45) is 8.47. The van der Waals surface area contributed by atoms with Gasteiger partial charge in [-0.15, -0.1) is 11.3 Å². The monoisotopic (exact) mass is 378 g/mol. The summed E-state index contributed by atoms with van der Waals surface area (Å²) in [4.78, 5) is 12.5. The van der Waals surface area contributed by atoms with E-state index in [0.717, 1.165) is 26.0 Å². The lowest BCUT2D eigenvalue weighted by atomic mass is 9.86. The van der Waals surface area contributed by atoms with Gasteiger partial charge in [-0.3, -0.25) is 4.79 Å². The highest BCUT2D eigenvalue weighted by Crippen LogP contribution is 2.35. The van der Waals surface area contributed by atoms with Gasteiger partial charge in [0.1, 0.15) is 0 Å². The molecule has 1 aliphatic rings. The van der Waals surface area contributed by atoms with Crippen LogP contribution in [-0.2, 0) is 0 Å². The maximum atomic E-state index is 12.5. The van der Waals surface area contributed by atoms with Gasteiger partial charge in [-0.25, -0.2) is 0 Å². The zero-order valence-electron chi connectivity index (χ0n) is 9.68. The molecule has 0 aliphatic heterocycles. The van der Waals surface area contributed by atoms with Crippen LogP contribution < -0.4 is 0 Å². The Morgan fingerprint density at radius 2 is 1.71 bits per heavy atom. The van der Waals surface area contributed by atoms with Crippen LogP contribution in [0.25, 0.3) is 0 Å². The first kappa shape index (κ1) is 13.8. The second kappa shape index (κ2) is 6.48. The van der Waals surface area contributed by atoms with Gasteiger partial charge in [-0.1, -0.05) is 32.1 Å². The fourth-order valence-electron chi connectivity index (χ4n) is 2.45. The summed E-state index contributed by atoms with van der Waals surface area (Å²) in [6.45, 7) is 0. The molecule has 0 saturated heterocycles. The van der Waals surface area contributed by atoms with E-state index >= 15 is 0 Å². The van der Waals surface area contributed by atoms with Gasteiger partial charge >= 0.3 is 0 Å². The van der Waals surface area contributed by atoms with Gasteiger partial charge in [0, 0.05) is 11.5 Å². The minimum Gasteiger partial charge on any atom is -0.294 e. The topological polar surface area (TPSA) is 17.1 Å². The second-order valence-corrected chi connectivity index (χ2v) is 8.39. The van der Waals surface area contributed by atoms with E-state index in [1.807, 2.05) is 6.07 Å². The first-order valence-electron chi connectivity index (χ1n) is 6.17. The van der Waals surface area contributed by atoms with Crippen LogP contribution in [0.5, 0.6) is 0 Å². The van der Waals surface area contributed by atoms with Crippen LogP contribution in [-0.4, -0.2) is 5.78 Å². The molecular formula is C13H16Br2OS. The smallest absolute Gasteiger partial charge is 0.167 e. The van der Waals surface area contributed by atoms with E-state index in [1.54, 1.807) is 11.3 Å². The first-order valence-corrected chi connectivity index (χ1v) is 8.58. The molecule has 1 nitrogen and oxygen atoms in total. The van der Waals surface area contributed by atoms with E-state index < -0.39 is 0 Å². The third-order valence-corrected chi connectivity index (χ3v) is 5.74. The van der Waals surface area contributed by atoms with Gasteiger partial charge in [-0.2, -0.15) is 0 Å². The quantitative estimate of drug-likeness (QED) is 0.592. The Kier molecular flexibility index (Phi) is 5.25. The zero-order valence-corrected chi connectivity index (χ0v) is 13.7. The third kappa shape index (κ3) is 3.65. The zero-order chi connectivity index (χ0) is 12.3. The van der Waals surface area contributed by atoms with E-state index in [-0.39, 0.29) is 5.92 Å². The van der Waals surface area contributed by atoms with Crippen LogP contribution >= 0.6 is 43.2 Å². The fraction of sp³-hybridized carbons (Fsp3) is 0.615. The molecule has 1 aromatic rings. The normalized spacial score (nSPS) is 18.7. The van der Waals surface area contributed by atoms with E-state index in [2.05, 4.69) is 31.9 Å². The van der Waals surface area contributed by atoms with E-state index in [4.69, 9.17) is 0 Å². The molecule has 0 amide bonds. The summed E-state index contributed by atoms with van der Waals surface area (Å²) >= 11 is 8.51. The van der Waals surface area contributed by atoms with Gasteiger partial charge in [0.15, 0.2) is 5.78 Å². The van der Waals surface area contributed by atoms with Crippen molar-refractivity contribution in [2.24, 2.45) is 5.92 Å². The molecule has 0 unspecified atom stereocenters. The van der Waals surface area contributed by atoms with Crippen LogP contribution in [0.2, 0.25) is 0 Å². The number of ketones is 1. The molecule has 0 radical (unpaired) electrons. The van der Waals surface area contributed by atoms with Crippen molar-refractivity contribution in [3.63, 3.8) is 0 Å². The molecular weight excluding hydrogens is 364 g/mol. The van der Waals surface area contributed by atoms with Crippen molar-refractivity contribution in [1.29, 1.82) is 0 Å². The molecule has 1 aliphatic carbocycles. The standard InChI is InChI=1S/C13H16Br2OS/c14-11-8-10(13(15)17-11)12(16)9-6-4-2-1-3-5-7-9/h8-9H,1-7H2. The minimum atomic E-state index is 0.244. The molecule has 0 spiro atoms. The molecule has 4 heteroatoms. The summed E-state index contributed by atoms with van der Waals surface area (Å²) in [5.74, 6) is 0.578. The Bertz CT molecular complexity index is 392. The van der Waals surface area contributed by atoms with Crippen LogP contribution in [0, 0.1) is 5.92 Å². The Morgan fingerprint density at radius 3 is 2.24 bits per heavy atom. The number of thiophene rings is 1. The minimum absolute atomic E-state index is 0.244. The Hall–Kier alpha value is 0.330. The van der Waals surface area contributed by atoms with Crippen molar-refractivity contribution >= 4 is 49.0 Å². The molecule has 17 heavy (non-hydrogen) atoms. The molecule has 0 bridgehead atoms. The van der Waals surface area contributed by atoms with E-state index in [9.17, 15) is 4.79 Å². The third-order valence-electron chi connectivity index (χ3n) is 3.40. The number of carbonyl (C=O) groups excluding carboxylic acids is 1. The number of hydrogen-bond donors (Lipinski definition) is 0. The van der Waals surface area contributed by atoms with Gasteiger partial charge in [0.25, 0.3) is 0 Å². The van der Waals surface area contributed by atoms with Crippen LogP contribution in [0.15, 0.2) is 13.6 Å². The lowest BCUT2D eigenvalue weighted by Gasteiger charge is -2.18. The van der Waals surface area contributed by atoms with E-state index in [0.29, 0.717) is 5.78 Å². The molecule has 0 N–H and O–H groups in total. The number of carbonyl (C=O) groups is 1. The molecule has 0 atom stereocenters. The van der Waals surface area contributed by atoms with Crippen molar-refractivity contribution < 1.29 is 4.79 Å². The van der Waals surface area contributed by atoms with Crippen molar-refractivity contribution in [3.8, 4) is 0 Å². The Balaban J connectivity index is 2.09. The van der Waals surface area contributed by atoms with Gasteiger partial charge < -0.3 is 0 Å². The highest BCUT2D eigenvalue weighted by atomic mass is 79.9. The summed E-state index contributed by atoms with van der Waals surface area (Å²) in [5, 5.41) is 0. The van der Waals surface area contributed by atoms with Crippen LogP contribution in [0.1, 0.15) is 55.3 Å². The van der Waals surface area contributed by atoms with Crippen molar-refractivity contribution in [1.82, 2.24) is 0 Å². The molecule has 1 aromatic heterocycles. The Labute approximate surface area is 123 Å². The summed E-state index contributed by atoms with van der Waals surface area (Å²) < 4.78 is 2.00. The predicted octanol–water partition coefficient (Wildman–Crippen LogP) is 5.82. The number of rotatable bonds is 2. The Morgan fingerprint density at radius 1 is 1.12 bits per heavy atom. The highest BCUT2D eigenvalue weighted by molar-refractivity contribution is 9.12. The second-order valence-electron chi connectivity index (χ2n) is 4.64. The fourth-order valence-corrected chi connectivity index (χ4v) is 5.26. The number of Topliss-reactive ketones (excluding diaryl/α,β-unsaturated/α-hetero) is 1. The molecule has 0 aromatic carbocycles. The largest absolute Gasteiger partial charge is 0.294 e. The average Bonchev–Trinajstić information content (AvgIpc) is 2.56. The molecule has 1 heterocycles. The molecule has 94 valence electrons. The molecule has 2 rings (SSSR count). The summed E-state index contributed by atoms with van der Waals surface area (Å²) in [5.41, 5.74) is 0.868. The summed E-state index contributed by atoms with van der Waals surface area (Å²) in [7, 11) is 0. The number of hydrogen-bond acceptors (Lipinski definition) is 2. The number of halogens is 2. The van der Waals surface area contributed by atoms with E-state index in [1.165, 1.54) is 32.1 Å². The predicted molar refractivity (Wildman–Crippen MR) is 79.9 cm³/mol. The SMILES string of the molecule is O=C(c1cc(Br)sc1Br)C1CCCCCCC1. The maximum absolute atomic E-state index is 12.5. The van der Waals surface area contributed by atoms with Gasteiger partial charge in [0.05, 0.1) is 7.57 Å². The first-order chi connectivity index (χ1) is 8.18. The van der Waals surface area contributed by atoms with Crippen LogP contribution in [0.4, 0.5) is 0 Å². The lowest BCUT2D eigenvalue weighted by molar-refractivity contribution is 0.0898. The van der Waals surface area contributed by atoms with Crippen molar-refractivity contribution in [3.05, 3.63) is 19.2 Å². The van der Waals surface area contributed by atoms with Crippen LogP contribution in [0.3, 0.4) is 0 Å². The van der Waals surface area contributed by atoms with Gasteiger partial charge in [0.2, 0.25) is 0 Å².